The maximum absolute atomic E-state index is 12.7. The van der Waals surface area contributed by atoms with Gasteiger partial charge in [0.2, 0.25) is 0 Å². The van der Waals surface area contributed by atoms with Crippen molar-refractivity contribution in [2.45, 2.75) is 33.2 Å². The van der Waals surface area contributed by atoms with Gasteiger partial charge in [0.15, 0.2) is 11.4 Å². The SMILES string of the molecule is CCOc1cccn2c(C(=O)NCCCn3ccnc3)c(CC)nc12. The Labute approximate surface area is 146 Å². The number of fused-ring (bicyclic) bond motifs is 1. The summed E-state index contributed by atoms with van der Waals surface area (Å²) >= 11 is 0. The Morgan fingerprint density at radius 3 is 2.92 bits per heavy atom. The standard InChI is InChI=1S/C18H23N5O2/c1-3-14-16(18(24)20-8-6-10-22-12-9-19-13-22)23-11-5-7-15(25-4-2)17(23)21-14/h5,7,9,11-13H,3-4,6,8,10H2,1-2H3,(H,20,24). The fourth-order valence-corrected chi connectivity index (χ4v) is 2.81. The van der Waals surface area contributed by atoms with Gasteiger partial charge in [-0.05, 0) is 31.9 Å². The number of aryl methyl sites for hydroxylation is 2. The highest BCUT2D eigenvalue weighted by atomic mass is 16.5. The summed E-state index contributed by atoms with van der Waals surface area (Å²) in [5.41, 5.74) is 2.05. The molecule has 3 aromatic rings. The van der Waals surface area contributed by atoms with Crippen molar-refractivity contribution >= 4 is 11.6 Å². The predicted molar refractivity (Wildman–Crippen MR) is 94.9 cm³/mol. The van der Waals surface area contributed by atoms with Crippen LogP contribution >= 0.6 is 0 Å². The van der Waals surface area contributed by atoms with Crippen LogP contribution in [-0.2, 0) is 13.0 Å². The van der Waals surface area contributed by atoms with Gasteiger partial charge in [-0.15, -0.1) is 0 Å². The Hall–Kier alpha value is -2.83. The van der Waals surface area contributed by atoms with Crippen LogP contribution in [-0.4, -0.2) is 38.0 Å². The summed E-state index contributed by atoms with van der Waals surface area (Å²) in [7, 11) is 0. The summed E-state index contributed by atoms with van der Waals surface area (Å²) in [6.45, 7) is 5.91. The third-order valence-electron chi connectivity index (χ3n) is 3.97. The van der Waals surface area contributed by atoms with Crippen LogP contribution in [0.25, 0.3) is 5.65 Å². The van der Waals surface area contributed by atoms with E-state index in [1.165, 1.54) is 0 Å². The number of nitrogens with one attached hydrogen (secondary N) is 1. The zero-order valence-electron chi connectivity index (χ0n) is 14.6. The zero-order chi connectivity index (χ0) is 17.6. The van der Waals surface area contributed by atoms with Gasteiger partial charge in [0.25, 0.3) is 5.91 Å². The minimum absolute atomic E-state index is 0.108. The first-order chi connectivity index (χ1) is 12.2. The van der Waals surface area contributed by atoms with Crippen molar-refractivity contribution in [1.82, 2.24) is 24.3 Å². The molecule has 7 heteroatoms. The van der Waals surface area contributed by atoms with Gasteiger partial charge in [-0.2, -0.15) is 0 Å². The number of imidazole rings is 2. The van der Waals surface area contributed by atoms with Gasteiger partial charge in [0.05, 0.1) is 18.6 Å². The van der Waals surface area contributed by atoms with Crippen molar-refractivity contribution < 1.29 is 9.53 Å². The first kappa shape index (κ1) is 17.0. The van der Waals surface area contributed by atoms with Crippen molar-refractivity contribution in [3.05, 3.63) is 48.4 Å². The van der Waals surface area contributed by atoms with Crippen LogP contribution in [0.2, 0.25) is 0 Å². The second-order valence-corrected chi connectivity index (χ2v) is 5.67. The normalized spacial score (nSPS) is 11.0. The van der Waals surface area contributed by atoms with Crippen molar-refractivity contribution in [1.29, 1.82) is 0 Å². The zero-order valence-corrected chi connectivity index (χ0v) is 14.6. The Balaban J connectivity index is 1.74. The van der Waals surface area contributed by atoms with Crippen LogP contribution < -0.4 is 10.1 Å². The molecule has 0 aliphatic heterocycles. The number of carbonyl (C=O) groups excluding carboxylic acids is 1. The molecule has 7 nitrogen and oxygen atoms in total. The molecule has 25 heavy (non-hydrogen) atoms. The number of nitrogens with zero attached hydrogens (tertiary/aromatic N) is 4. The number of carbonyl (C=O) groups is 1. The minimum Gasteiger partial charge on any atom is -0.490 e. The van der Waals surface area contributed by atoms with E-state index >= 15 is 0 Å². The maximum atomic E-state index is 12.7. The van der Waals surface area contributed by atoms with Gasteiger partial charge >= 0.3 is 0 Å². The Morgan fingerprint density at radius 1 is 1.32 bits per heavy atom. The Morgan fingerprint density at radius 2 is 2.20 bits per heavy atom. The average molecular weight is 341 g/mol. The van der Waals surface area contributed by atoms with Crippen LogP contribution in [0.3, 0.4) is 0 Å². The summed E-state index contributed by atoms with van der Waals surface area (Å²) in [5, 5.41) is 2.99. The number of rotatable bonds is 8. The lowest BCUT2D eigenvalue weighted by atomic mass is 10.2. The summed E-state index contributed by atoms with van der Waals surface area (Å²) < 4.78 is 9.43. The first-order valence-electron chi connectivity index (χ1n) is 8.61. The monoisotopic (exact) mass is 341 g/mol. The average Bonchev–Trinajstić information content (AvgIpc) is 3.26. The number of amides is 1. The number of pyridine rings is 1. The molecule has 0 aliphatic rings. The molecule has 0 spiro atoms. The molecule has 1 amide bonds. The molecule has 1 N–H and O–H groups in total. The Kier molecular flexibility index (Phi) is 5.33. The van der Waals surface area contributed by atoms with Crippen molar-refractivity contribution in [2.75, 3.05) is 13.2 Å². The number of aromatic nitrogens is 4. The van der Waals surface area contributed by atoms with Crippen LogP contribution in [0.1, 0.15) is 36.5 Å². The van der Waals surface area contributed by atoms with E-state index in [-0.39, 0.29) is 5.91 Å². The molecule has 0 bridgehead atoms. The van der Waals surface area contributed by atoms with Crippen molar-refractivity contribution in [3.63, 3.8) is 0 Å². The topological polar surface area (TPSA) is 73.5 Å². The summed E-state index contributed by atoms with van der Waals surface area (Å²) in [6, 6.07) is 3.74. The Bertz CT molecular complexity index is 839. The molecule has 0 unspecified atom stereocenters. The molecule has 0 atom stereocenters. The molecular formula is C18H23N5O2. The summed E-state index contributed by atoms with van der Waals surface area (Å²) in [4.78, 5) is 21.3. The van der Waals surface area contributed by atoms with E-state index in [1.807, 2.05) is 47.3 Å². The highest BCUT2D eigenvalue weighted by Crippen LogP contribution is 2.22. The molecule has 0 saturated heterocycles. The van der Waals surface area contributed by atoms with E-state index in [4.69, 9.17) is 4.74 Å². The molecule has 0 aromatic carbocycles. The molecule has 3 aromatic heterocycles. The van der Waals surface area contributed by atoms with Gasteiger partial charge in [-0.25, -0.2) is 9.97 Å². The summed E-state index contributed by atoms with van der Waals surface area (Å²) in [5.74, 6) is 0.586. The van der Waals surface area contributed by atoms with E-state index in [0.717, 1.165) is 18.7 Å². The van der Waals surface area contributed by atoms with E-state index in [1.54, 1.807) is 12.5 Å². The van der Waals surface area contributed by atoms with Crippen molar-refractivity contribution in [3.8, 4) is 5.75 Å². The van der Waals surface area contributed by atoms with Gasteiger partial charge in [-0.3, -0.25) is 9.20 Å². The van der Waals surface area contributed by atoms with Crippen LogP contribution in [0.4, 0.5) is 0 Å². The third kappa shape index (κ3) is 3.65. The van der Waals surface area contributed by atoms with E-state index in [2.05, 4.69) is 15.3 Å². The van der Waals surface area contributed by atoms with Gasteiger partial charge in [0.1, 0.15) is 5.69 Å². The molecule has 0 fully saturated rings. The largest absolute Gasteiger partial charge is 0.490 e. The minimum atomic E-state index is -0.108. The lowest BCUT2D eigenvalue weighted by Gasteiger charge is -2.08. The first-order valence-corrected chi connectivity index (χ1v) is 8.61. The fraction of sp³-hybridized carbons (Fsp3) is 0.389. The molecule has 3 heterocycles. The highest BCUT2D eigenvalue weighted by Gasteiger charge is 2.19. The third-order valence-corrected chi connectivity index (χ3v) is 3.97. The molecular weight excluding hydrogens is 318 g/mol. The quantitative estimate of drug-likeness (QED) is 0.638. The van der Waals surface area contributed by atoms with Gasteiger partial charge in [0, 0.05) is 31.7 Å². The number of ether oxygens (including phenoxy) is 1. The predicted octanol–water partition coefficient (Wildman–Crippen LogP) is 2.31. The van der Waals surface area contributed by atoms with E-state index in [9.17, 15) is 4.79 Å². The van der Waals surface area contributed by atoms with Crippen LogP contribution in [0.15, 0.2) is 37.1 Å². The second-order valence-electron chi connectivity index (χ2n) is 5.67. The van der Waals surface area contributed by atoms with E-state index in [0.29, 0.717) is 36.7 Å². The van der Waals surface area contributed by atoms with E-state index < -0.39 is 0 Å². The van der Waals surface area contributed by atoms with Gasteiger partial charge < -0.3 is 14.6 Å². The molecule has 0 aliphatic carbocycles. The molecule has 0 radical (unpaired) electrons. The van der Waals surface area contributed by atoms with Crippen molar-refractivity contribution in [2.24, 2.45) is 0 Å². The summed E-state index contributed by atoms with van der Waals surface area (Å²) in [6.07, 6.45) is 8.81. The lowest BCUT2D eigenvalue weighted by molar-refractivity contribution is 0.0946. The lowest BCUT2D eigenvalue weighted by Crippen LogP contribution is -2.27. The smallest absolute Gasteiger partial charge is 0.270 e. The van der Waals surface area contributed by atoms with Crippen LogP contribution in [0, 0.1) is 0 Å². The second kappa shape index (κ2) is 7.83. The molecule has 3 rings (SSSR count). The highest BCUT2D eigenvalue weighted by molar-refractivity contribution is 5.95. The molecule has 0 saturated carbocycles. The maximum Gasteiger partial charge on any atom is 0.270 e. The van der Waals surface area contributed by atoms with Crippen LogP contribution in [0.5, 0.6) is 5.75 Å². The number of hydrogen-bond donors (Lipinski definition) is 1. The fourth-order valence-electron chi connectivity index (χ4n) is 2.81. The molecule has 132 valence electrons. The van der Waals surface area contributed by atoms with Gasteiger partial charge in [-0.1, -0.05) is 6.92 Å². The number of hydrogen-bond acceptors (Lipinski definition) is 4.